The lowest BCUT2D eigenvalue weighted by atomic mass is 9.91. The van der Waals surface area contributed by atoms with Gasteiger partial charge in [-0.3, -0.25) is 9.59 Å². The molecule has 3 aromatic rings. The number of benzene rings is 3. The van der Waals surface area contributed by atoms with Crippen LogP contribution in [-0.4, -0.2) is 70.6 Å². The lowest BCUT2D eigenvalue weighted by molar-refractivity contribution is -0.147. The number of sulfonamides is 1. The second-order valence-corrected chi connectivity index (χ2v) is 11.7. The first kappa shape index (κ1) is 27.8. The molecule has 0 unspecified atom stereocenters. The molecule has 9 nitrogen and oxygen atoms in total. The molecule has 2 saturated heterocycles. The summed E-state index contributed by atoms with van der Waals surface area (Å²) >= 11 is 0. The summed E-state index contributed by atoms with van der Waals surface area (Å²) in [5, 5.41) is 2.81. The molecular weight excluding hydrogens is 530 g/mol. The van der Waals surface area contributed by atoms with Crippen molar-refractivity contribution in [2.75, 3.05) is 56.2 Å². The maximum absolute atomic E-state index is 13.3. The van der Waals surface area contributed by atoms with Crippen molar-refractivity contribution < 1.29 is 27.5 Å². The van der Waals surface area contributed by atoms with Crippen LogP contribution in [0.3, 0.4) is 0 Å². The molecule has 2 heterocycles. The van der Waals surface area contributed by atoms with Crippen molar-refractivity contribution >= 4 is 33.3 Å². The first-order valence-corrected chi connectivity index (χ1v) is 14.9. The predicted octanol–water partition coefficient (Wildman–Crippen LogP) is 3.62. The van der Waals surface area contributed by atoms with E-state index >= 15 is 0 Å². The molecule has 0 radical (unpaired) electrons. The Labute approximate surface area is 234 Å². The average molecular weight is 564 g/mol. The topological polar surface area (TPSA) is 105 Å². The summed E-state index contributed by atoms with van der Waals surface area (Å²) < 4.78 is 38.8. The van der Waals surface area contributed by atoms with Crippen LogP contribution >= 0.6 is 0 Å². The second-order valence-electron chi connectivity index (χ2n) is 9.80. The monoisotopic (exact) mass is 563 g/mol. The highest BCUT2D eigenvalue weighted by molar-refractivity contribution is 7.89. The van der Waals surface area contributed by atoms with E-state index < -0.39 is 34.4 Å². The van der Waals surface area contributed by atoms with Gasteiger partial charge >= 0.3 is 5.97 Å². The van der Waals surface area contributed by atoms with Gasteiger partial charge < -0.3 is 19.7 Å². The Hall–Kier alpha value is -3.73. The number of esters is 1. The predicted molar refractivity (Wildman–Crippen MR) is 152 cm³/mol. The largest absolute Gasteiger partial charge is 0.455 e. The summed E-state index contributed by atoms with van der Waals surface area (Å²) in [7, 11) is -3.76. The van der Waals surface area contributed by atoms with Crippen LogP contribution in [0.15, 0.2) is 83.8 Å². The lowest BCUT2D eigenvalue weighted by Crippen LogP contribution is -2.40. The van der Waals surface area contributed by atoms with E-state index in [9.17, 15) is 18.0 Å². The smallest absolute Gasteiger partial charge is 0.318 e. The van der Waals surface area contributed by atoms with Gasteiger partial charge in [-0.1, -0.05) is 60.7 Å². The van der Waals surface area contributed by atoms with Crippen molar-refractivity contribution in [1.29, 1.82) is 0 Å². The summed E-state index contributed by atoms with van der Waals surface area (Å²) in [5.74, 6) is -1.78. The van der Waals surface area contributed by atoms with Crippen LogP contribution in [0.25, 0.3) is 0 Å². The minimum absolute atomic E-state index is 0.0952. The van der Waals surface area contributed by atoms with E-state index in [-0.39, 0.29) is 18.0 Å². The zero-order chi connectivity index (χ0) is 28.0. The van der Waals surface area contributed by atoms with Crippen molar-refractivity contribution in [3.8, 4) is 0 Å². The number of anilines is 2. The fourth-order valence-corrected chi connectivity index (χ4v) is 6.54. The van der Waals surface area contributed by atoms with Crippen molar-refractivity contribution in [3.05, 3.63) is 90.0 Å². The van der Waals surface area contributed by atoms with Gasteiger partial charge in [-0.2, -0.15) is 4.31 Å². The number of rotatable bonds is 9. The van der Waals surface area contributed by atoms with E-state index in [4.69, 9.17) is 9.47 Å². The zero-order valence-electron chi connectivity index (χ0n) is 22.2. The van der Waals surface area contributed by atoms with Gasteiger partial charge in [0.1, 0.15) is 5.92 Å². The van der Waals surface area contributed by atoms with E-state index in [1.165, 1.54) is 10.4 Å². The van der Waals surface area contributed by atoms with E-state index in [2.05, 4.69) is 10.2 Å². The third kappa shape index (κ3) is 6.35. The summed E-state index contributed by atoms with van der Waals surface area (Å²) in [4.78, 5) is 28.5. The number of amides is 1. The molecule has 0 atom stereocenters. The second kappa shape index (κ2) is 12.6. The number of hydrogen-bond acceptors (Lipinski definition) is 7. The quantitative estimate of drug-likeness (QED) is 0.397. The molecule has 0 aliphatic carbocycles. The Bertz CT molecular complexity index is 1380. The molecule has 1 amide bonds. The number of carbonyl (C=O) groups is 2. The average Bonchev–Trinajstić information content (AvgIpc) is 3.53. The third-order valence-electron chi connectivity index (χ3n) is 7.14. The molecule has 3 aromatic carbocycles. The van der Waals surface area contributed by atoms with Gasteiger partial charge in [0.15, 0.2) is 6.61 Å². The van der Waals surface area contributed by atoms with Crippen LogP contribution in [0.2, 0.25) is 0 Å². The maximum atomic E-state index is 13.3. The van der Waals surface area contributed by atoms with Crippen LogP contribution in [0.5, 0.6) is 0 Å². The fraction of sp³-hybridized carbons (Fsp3) is 0.333. The molecule has 0 bridgehead atoms. The van der Waals surface area contributed by atoms with Gasteiger partial charge in [0.2, 0.25) is 10.0 Å². The van der Waals surface area contributed by atoms with Crippen molar-refractivity contribution in [3.63, 3.8) is 0 Å². The third-order valence-corrected chi connectivity index (χ3v) is 9.04. The number of morpholine rings is 1. The molecular formula is C30H33N3O6S. The Balaban J connectivity index is 1.34. The number of nitrogens with zero attached hydrogens (tertiary/aromatic N) is 2. The molecule has 0 spiro atoms. The lowest BCUT2D eigenvalue weighted by Gasteiger charge is -2.27. The Morgan fingerprint density at radius 3 is 2.05 bits per heavy atom. The number of carbonyl (C=O) groups excluding carboxylic acids is 2. The van der Waals surface area contributed by atoms with Gasteiger partial charge in [-0.15, -0.1) is 0 Å². The Morgan fingerprint density at radius 1 is 0.850 bits per heavy atom. The highest BCUT2D eigenvalue weighted by atomic mass is 32.2. The highest BCUT2D eigenvalue weighted by Gasteiger charge is 2.29. The van der Waals surface area contributed by atoms with Crippen molar-refractivity contribution in [2.45, 2.75) is 23.7 Å². The number of ether oxygens (including phenoxy) is 2. The Morgan fingerprint density at radius 2 is 1.45 bits per heavy atom. The van der Waals surface area contributed by atoms with E-state index in [1.54, 1.807) is 12.1 Å². The van der Waals surface area contributed by atoms with Crippen LogP contribution in [-0.2, 0) is 29.1 Å². The van der Waals surface area contributed by atoms with E-state index in [0.29, 0.717) is 18.9 Å². The number of nitrogens with one attached hydrogen (secondary N) is 1. The van der Waals surface area contributed by atoms with Gasteiger partial charge in [0, 0.05) is 26.2 Å². The van der Waals surface area contributed by atoms with Gasteiger partial charge in [-0.05, 0) is 42.2 Å². The van der Waals surface area contributed by atoms with Crippen molar-refractivity contribution in [2.24, 2.45) is 0 Å². The van der Waals surface area contributed by atoms with Crippen molar-refractivity contribution in [1.82, 2.24) is 4.31 Å². The van der Waals surface area contributed by atoms with E-state index in [1.807, 2.05) is 60.7 Å². The molecule has 1 N–H and O–H groups in total. The van der Waals surface area contributed by atoms with Crippen LogP contribution in [0.4, 0.5) is 11.4 Å². The van der Waals surface area contributed by atoms with Crippen LogP contribution in [0.1, 0.15) is 29.9 Å². The first-order chi connectivity index (χ1) is 19.4. The summed E-state index contributed by atoms with van der Waals surface area (Å²) in [5.41, 5.74) is 2.64. The molecule has 2 aliphatic heterocycles. The zero-order valence-corrected chi connectivity index (χ0v) is 23.0. The summed E-state index contributed by atoms with van der Waals surface area (Å²) in [6.45, 7) is 2.34. The maximum Gasteiger partial charge on any atom is 0.318 e. The molecule has 0 aromatic heterocycles. The highest BCUT2D eigenvalue weighted by Crippen LogP contribution is 2.33. The standard InChI is InChI=1S/C30H33N3O6S/c34-28(22-39-30(35)29(23-9-3-1-4-10-23)24-11-5-2-6-12-24)31-26-21-25(13-14-27(26)32-15-7-8-16-32)40(36,37)33-17-19-38-20-18-33/h1-6,9-14,21,29H,7-8,15-20,22H2,(H,31,34). The molecule has 10 heteroatoms. The SMILES string of the molecule is O=C(COC(=O)C(c1ccccc1)c1ccccc1)Nc1cc(S(=O)(=O)N2CCOCC2)ccc1N1CCCC1. The van der Waals surface area contributed by atoms with E-state index in [0.717, 1.165) is 42.7 Å². The van der Waals surface area contributed by atoms with Gasteiger partial charge in [0.25, 0.3) is 5.91 Å². The fourth-order valence-electron chi connectivity index (χ4n) is 5.11. The molecule has 40 heavy (non-hydrogen) atoms. The normalized spacial score (nSPS) is 16.2. The van der Waals surface area contributed by atoms with Gasteiger partial charge in [0.05, 0.1) is 29.5 Å². The first-order valence-electron chi connectivity index (χ1n) is 13.5. The molecule has 210 valence electrons. The Kier molecular flexibility index (Phi) is 8.78. The molecule has 5 rings (SSSR count). The number of hydrogen-bond donors (Lipinski definition) is 1. The molecule has 0 saturated carbocycles. The van der Waals surface area contributed by atoms with Crippen LogP contribution < -0.4 is 10.2 Å². The van der Waals surface area contributed by atoms with Crippen LogP contribution in [0, 0.1) is 0 Å². The van der Waals surface area contributed by atoms with Gasteiger partial charge in [-0.25, -0.2) is 8.42 Å². The minimum atomic E-state index is -3.76. The summed E-state index contributed by atoms with van der Waals surface area (Å²) in [6.07, 6.45) is 2.03. The molecule has 2 fully saturated rings. The minimum Gasteiger partial charge on any atom is -0.455 e. The summed E-state index contributed by atoms with van der Waals surface area (Å²) in [6, 6.07) is 23.4. The molecule has 2 aliphatic rings.